The molecule has 3 heterocycles. The fraction of sp³-hybridized carbons (Fsp3) is 0.200. The molecule has 0 aliphatic heterocycles. The molecular formula is C15H14BrN5O. The number of aryl methyl sites for hydroxylation is 1. The Bertz CT molecular complexity index is 787. The largest absolute Gasteiger partial charge is 0.350 e. The zero-order chi connectivity index (χ0) is 15.4. The highest BCUT2D eigenvalue weighted by atomic mass is 79.9. The predicted molar refractivity (Wildman–Crippen MR) is 86.0 cm³/mol. The SMILES string of the molecule is O=C(CCc1nc2ncc(Br)cc2[nH]1)NCc1ccccn1. The second-order valence-electron chi connectivity index (χ2n) is 4.81. The number of imidazole rings is 1. The number of rotatable bonds is 5. The van der Waals surface area contributed by atoms with Crippen molar-refractivity contribution in [2.24, 2.45) is 0 Å². The highest BCUT2D eigenvalue weighted by Crippen LogP contribution is 2.15. The molecule has 6 nitrogen and oxygen atoms in total. The van der Waals surface area contributed by atoms with Gasteiger partial charge in [0.1, 0.15) is 5.82 Å². The summed E-state index contributed by atoms with van der Waals surface area (Å²) in [7, 11) is 0. The molecule has 0 saturated carbocycles. The number of aromatic amines is 1. The van der Waals surface area contributed by atoms with Crippen LogP contribution < -0.4 is 5.32 Å². The van der Waals surface area contributed by atoms with Crippen LogP contribution in [0.1, 0.15) is 17.9 Å². The van der Waals surface area contributed by atoms with Crippen molar-refractivity contribution in [2.75, 3.05) is 0 Å². The Morgan fingerprint density at radius 1 is 1.32 bits per heavy atom. The summed E-state index contributed by atoms with van der Waals surface area (Å²) in [6.07, 6.45) is 4.32. The van der Waals surface area contributed by atoms with Crippen molar-refractivity contribution >= 4 is 33.0 Å². The van der Waals surface area contributed by atoms with E-state index >= 15 is 0 Å². The van der Waals surface area contributed by atoms with Crippen LogP contribution >= 0.6 is 15.9 Å². The number of aromatic nitrogens is 4. The summed E-state index contributed by atoms with van der Waals surface area (Å²) < 4.78 is 0.892. The maximum Gasteiger partial charge on any atom is 0.220 e. The first-order valence-corrected chi connectivity index (χ1v) is 7.67. The molecule has 3 aromatic rings. The molecule has 0 aliphatic carbocycles. The van der Waals surface area contributed by atoms with Crippen molar-refractivity contribution in [2.45, 2.75) is 19.4 Å². The normalized spacial score (nSPS) is 10.8. The summed E-state index contributed by atoms with van der Waals surface area (Å²) in [5.74, 6) is 0.730. The van der Waals surface area contributed by atoms with Crippen LogP contribution in [0.15, 0.2) is 41.1 Å². The minimum absolute atomic E-state index is 0.0275. The van der Waals surface area contributed by atoms with E-state index in [4.69, 9.17) is 0 Å². The molecule has 0 radical (unpaired) electrons. The molecule has 0 bridgehead atoms. The molecule has 22 heavy (non-hydrogen) atoms. The molecule has 3 aromatic heterocycles. The van der Waals surface area contributed by atoms with Gasteiger partial charge in [0.15, 0.2) is 5.65 Å². The Kier molecular flexibility index (Phi) is 4.43. The van der Waals surface area contributed by atoms with Crippen LogP contribution in [-0.2, 0) is 17.8 Å². The second kappa shape index (κ2) is 6.65. The Morgan fingerprint density at radius 3 is 3.05 bits per heavy atom. The molecule has 1 amide bonds. The van der Waals surface area contributed by atoms with E-state index in [1.165, 1.54) is 0 Å². The lowest BCUT2D eigenvalue weighted by atomic mass is 10.2. The number of pyridine rings is 2. The van der Waals surface area contributed by atoms with Gasteiger partial charge in [0, 0.05) is 29.7 Å². The van der Waals surface area contributed by atoms with Gasteiger partial charge in [-0.25, -0.2) is 9.97 Å². The van der Waals surface area contributed by atoms with Crippen molar-refractivity contribution in [3.8, 4) is 0 Å². The second-order valence-corrected chi connectivity index (χ2v) is 5.72. The fourth-order valence-corrected chi connectivity index (χ4v) is 2.39. The standard InChI is InChI=1S/C15H14BrN5O/c16-10-7-12-15(19-8-10)21-13(20-12)4-5-14(22)18-9-11-3-1-2-6-17-11/h1-3,6-8H,4-5,9H2,(H,18,22)(H,19,20,21). The lowest BCUT2D eigenvalue weighted by Gasteiger charge is -2.03. The van der Waals surface area contributed by atoms with E-state index < -0.39 is 0 Å². The van der Waals surface area contributed by atoms with Crippen LogP contribution in [0.3, 0.4) is 0 Å². The van der Waals surface area contributed by atoms with E-state index in [0.29, 0.717) is 25.0 Å². The van der Waals surface area contributed by atoms with Gasteiger partial charge in [-0.3, -0.25) is 9.78 Å². The number of hydrogen-bond donors (Lipinski definition) is 2. The van der Waals surface area contributed by atoms with E-state index in [1.54, 1.807) is 12.4 Å². The first-order chi connectivity index (χ1) is 10.7. The molecule has 112 valence electrons. The minimum Gasteiger partial charge on any atom is -0.350 e. The number of nitrogens with one attached hydrogen (secondary N) is 2. The number of H-pyrrole nitrogens is 1. The highest BCUT2D eigenvalue weighted by Gasteiger charge is 2.07. The zero-order valence-corrected chi connectivity index (χ0v) is 13.3. The highest BCUT2D eigenvalue weighted by molar-refractivity contribution is 9.10. The van der Waals surface area contributed by atoms with E-state index in [9.17, 15) is 4.79 Å². The Morgan fingerprint density at radius 2 is 2.23 bits per heavy atom. The van der Waals surface area contributed by atoms with Gasteiger partial charge in [0.2, 0.25) is 5.91 Å². The monoisotopic (exact) mass is 359 g/mol. The number of fused-ring (bicyclic) bond motifs is 1. The average Bonchev–Trinajstić information content (AvgIpc) is 2.94. The van der Waals surface area contributed by atoms with Gasteiger partial charge in [-0.05, 0) is 34.1 Å². The molecule has 0 saturated heterocycles. The quantitative estimate of drug-likeness (QED) is 0.732. The van der Waals surface area contributed by atoms with E-state index in [-0.39, 0.29) is 5.91 Å². The Labute approximate surface area is 135 Å². The molecule has 0 spiro atoms. The summed E-state index contributed by atoms with van der Waals surface area (Å²) >= 11 is 3.37. The number of amides is 1. The first kappa shape index (κ1) is 14.6. The number of carbonyl (C=O) groups is 1. The first-order valence-electron chi connectivity index (χ1n) is 6.87. The summed E-state index contributed by atoms with van der Waals surface area (Å²) in [6, 6.07) is 7.54. The van der Waals surface area contributed by atoms with Crippen LogP contribution in [0.5, 0.6) is 0 Å². The van der Waals surface area contributed by atoms with Gasteiger partial charge in [0.05, 0.1) is 17.8 Å². The van der Waals surface area contributed by atoms with Crippen LogP contribution in [-0.4, -0.2) is 25.8 Å². The van der Waals surface area contributed by atoms with Crippen LogP contribution in [0, 0.1) is 0 Å². The number of halogens is 1. The van der Waals surface area contributed by atoms with Gasteiger partial charge in [0.25, 0.3) is 0 Å². The third-order valence-corrected chi connectivity index (χ3v) is 3.57. The predicted octanol–water partition coefficient (Wildman–Crippen LogP) is 2.36. The molecule has 0 aromatic carbocycles. The van der Waals surface area contributed by atoms with E-state index in [0.717, 1.165) is 21.5 Å². The third-order valence-electron chi connectivity index (χ3n) is 3.13. The molecule has 7 heteroatoms. The lowest BCUT2D eigenvalue weighted by Crippen LogP contribution is -2.23. The van der Waals surface area contributed by atoms with Gasteiger partial charge in [-0.1, -0.05) is 6.07 Å². The lowest BCUT2D eigenvalue weighted by molar-refractivity contribution is -0.121. The van der Waals surface area contributed by atoms with Crippen LogP contribution in [0.25, 0.3) is 11.2 Å². The molecule has 0 fully saturated rings. The molecule has 3 rings (SSSR count). The maximum atomic E-state index is 11.9. The maximum absolute atomic E-state index is 11.9. The number of nitrogens with zero attached hydrogens (tertiary/aromatic N) is 3. The van der Waals surface area contributed by atoms with Crippen molar-refractivity contribution in [3.05, 3.63) is 52.7 Å². The van der Waals surface area contributed by atoms with Crippen LogP contribution in [0.2, 0.25) is 0 Å². The van der Waals surface area contributed by atoms with Gasteiger partial charge in [-0.2, -0.15) is 0 Å². The van der Waals surface area contributed by atoms with E-state index in [1.807, 2.05) is 24.3 Å². The van der Waals surface area contributed by atoms with E-state index in [2.05, 4.69) is 41.2 Å². The molecular weight excluding hydrogens is 346 g/mol. The van der Waals surface area contributed by atoms with Gasteiger partial charge >= 0.3 is 0 Å². The summed E-state index contributed by atoms with van der Waals surface area (Å²) in [5.41, 5.74) is 2.36. The number of carbonyl (C=O) groups excluding carboxylic acids is 1. The zero-order valence-electron chi connectivity index (χ0n) is 11.7. The Balaban J connectivity index is 1.53. The van der Waals surface area contributed by atoms with Crippen molar-refractivity contribution < 1.29 is 4.79 Å². The van der Waals surface area contributed by atoms with Crippen molar-refractivity contribution in [3.63, 3.8) is 0 Å². The van der Waals surface area contributed by atoms with Crippen molar-refractivity contribution in [1.29, 1.82) is 0 Å². The molecule has 0 atom stereocenters. The molecule has 0 aliphatic rings. The summed E-state index contributed by atoms with van der Waals surface area (Å²) in [5, 5.41) is 2.85. The van der Waals surface area contributed by atoms with Crippen molar-refractivity contribution in [1.82, 2.24) is 25.3 Å². The van der Waals surface area contributed by atoms with Crippen LogP contribution in [0.4, 0.5) is 0 Å². The molecule has 2 N–H and O–H groups in total. The summed E-state index contributed by atoms with van der Waals surface area (Å²) in [4.78, 5) is 27.8. The van der Waals surface area contributed by atoms with Gasteiger partial charge in [-0.15, -0.1) is 0 Å². The minimum atomic E-state index is -0.0275. The number of hydrogen-bond acceptors (Lipinski definition) is 4. The fourth-order valence-electron chi connectivity index (χ4n) is 2.05. The average molecular weight is 360 g/mol. The topological polar surface area (TPSA) is 83.6 Å². The molecule has 0 unspecified atom stereocenters. The summed E-state index contributed by atoms with van der Waals surface area (Å²) in [6.45, 7) is 0.439. The smallest absolute Gasteiger partial charge is 0.220 e. The van der Waals surface area contributed by atoms with Gasteiger partial charge < -0.3 is 10.3 Å². The Hall–Kier alpha value is -2.28. The third kappa shape index (κ3) is 3.67.